The van der Waals surface area contributed by atoms with E-state index < -0.39 is 33.6 Å². The summed E-state index contributed by atoms with van der Waals surface area (Å²) in [5, 5.41) is 6.05. The van der Waals surface area contributed by atoms with E-state index >= 15 is 0 Å². The van der Waals surface area contributed by atoms with Gasteiger partial charge in [0.05, 0.1) is 11.3 Å². The van der Waals surface area contributed by atoms with E-state index in [1.54, 1.807) is 14.1 Å². The Bertz CT molecular complexity index is 1090. The highest BCUT2D eigenvalue weighted by atomic mass is 32.2. The zero-order chi connectivity index (χ0) is 23.8. The Balaban J connectivity index is 1.72. The number of rotatable bonds is 5. The Kier molecular flexibility index (Phi) is 6.57. The fourth-order valence-corrected chi connectivity index (χ4v) is 5.48. The van der Waals surface area contributed by atoms with Crippen molar-refractivity contribution < 1.29 is 30.9 Å². The monoisotopic (exact) mass is 474 g/mol. The van der Waals surface area contributed by atoms with Gasteiger partial charge in [-0.1, -0.05) is 5.16 Å². The lowest BCUT2D eigenvalue weighted by molar-refractivity contribution is -0.137. The lowest BCUT2D eigenvalue weighted by Crippen LogP contribution is -2.41. The molecule has 1 aliphatic rings. The maximum atomic E-state index is 13.5. The first kappa shape index (κ1) is 24.1. The molecule has 2 heterocycles. The molecular formula is C20H25F3N4O4S. The molecule has 1 aromatic carbocycles. The van der Waals surface area contributed by atoms with Crippen molar-refractivity contribution in [1.29, 1.82) is 0 Å². The predicted octanol–water partition coefficient (Wildman–Crippen LogP) is 3.42. The molecule has 1 aliphatic heterocycles. The second kappa shape index (κ2) is 8.74. The smallest absolute Gasteiger partial charge is 0.378 e. The van der Waals surface area contributed by atoms with Gasteiger partial charge in [-0.05, 0) is 44.9 Å². The highest BCUT2D eigenvalue weighted by Crippen LogP contribution is 2.37. The summed E-state index contributed by atoms with van der Waals surface area (Å²) in [4.78, 5) is 14.2. The topological polar surface area (TPSA) is 95.8 Å². The van der Waals surface area contributed by atoms with Crippen LogP contribution < -0.4 is 10.2 Å². The van der Waals surface area contributed by atoms with Crippen molar-refractivity contribution in [2.45, 2.75) is 37.8 Å². The molecule has 8 nitrogen and oxygen atoms in total. The first-order valence-electron chi connectivity index (χ1n) is 9.95. The molecule has 32 heavy (non-hydrogen) atoms. The molecule has 12 heteroatoms. The van der Waals surface area contributed by atoms with Crippen molar-refractivity contribution in [2.75, 3.05) is 37.4 Å². The first-order valence-corrected chi connectivity index (χ1v) is 11.4. The number of nitrogens with one attached hydrogen (secondary N) is 1. The minimum absolute atomic E-state index is 0.0104. The second-order valence-electron chi connectivity index (χ2n) is 7.94. The Labute approximate surface area is 184 Å². The van der Waals surface area contributed by atoms with Crippen molar-refractivity contribution in [2.24, 2.45) is 5.92 Å². The molecule has 1 fully saturated rings. The van der Waals surface area contributed by atoms with Crippen LogP contribution in [0, 0.1) is 19.8 Å². The maximum absolute atomic E-state index is 13.5. The molecule has 1 aromatic heterocycles. The number of piperidine rings is 1. The van der Waals surface area contributed by atoms with Crippen LogP contribution in [0.15, 0.2) is 27.6 Å². The second-order valence-corrected chi connectivity index (χ2v) is 9.82. The van der Waals surface area contributed by atoms with Crippen LogP contribution in [0.4, 0.5) is 24.5 Å². The third-order valence-corrected chi connectivity index (χ3v) is 7.62. The van der Waals surface area contributed by atoms with Gasteiger partial charge < -0.3 is 14.7 Å². The van der Waals surface area contributed by atoms with Gasteiger partial charge in [0.15, 0.2) is 5.76 Å². The summed E-state index contributed by atoms with van der Waals surface area (Å²) in [7, 11) is -0.589. The molecule has 2 aromatic rings. The van der Waals surface area contributed by atoms with Gasteiger partial charge in [-0.3, -0.25) is 4.79 Å². The van der Waals surface area contributed by atoms with Gasteiger partial charge in [-0.25, -0.2) is 8.42 Å². The zero-order valence-corrected chi connectivity index (χ0v) is 19.0. The number of hydrogen-bond donors (Lipinski definition) is 1. The molecule has 0 aliphatic carbocycles. The van der Waals surface area contributed by atoms with E-state index in [0.717, 1.165) is 6.07 Å². The predicted molar refractivity (Wildman–Crippen MR) is 112 cm³/mol. The summed E-state index contributed by atoms with van der Waals surface area (Å²) in [5.41, 5.74) is -0.647. The van der Waals surface area contributed by atoms with Gasteiger partial charge >= 0.3 is 6.18 Å². The number of aryl methyl sites for hydroxylation is 2. The van der Waals surface area contributed by atoms with Crippen LogP contribution in [-0.4, -0.2) is 51.0 Å². The van der Waals surface area contributed by atoms with Crippen molar-refractivity contribution >= 4 is 27.3 Å². The van der Waals surface area contributed by atoms with Crippen molar-refractivity contribution in [3.63, 3.8) is 0 Å². The Morgan fingerprint density at radius 2 is 1.84 bits per heavy atom. The van der Waals surface area contributed by atoms with E-state index in [9.17, 15) is 26.4 Å². The number of aromatic nitrogens is 1. The van der Waals surface area contributed by atoms with E-state index in [-0.39, 0.29) is 48.0 Å². The Morgan fingerprint density at radius 1 is 1.22 bits per heavy atom. The van der Waals surface area contributed by atoms with Crippen molar-refractivity contribution in [3.8, 4) is 0 Å². The Hall–Kier alpha value is -2.60. The van der Waals surface area contributed by atoms with Gasteiger partial charge in [0, 0.05) is 38.8 Å². The zero-order valence-electron chi connectivity index (χ0n) is 18.2. The largest absolute Gasteiger partial charge is 0.418 e. The van der Waals surface area contributed by atoms with Crippen LogP contribution in [0.25, 0.3) is 0 Å². The number of sulfonamides is 1. The molecular weight excluding hydrogens is 449 g/mol. The number of nitrogens with zero attached hydrogens (tertiary/aromatic N) is 3. The summed E-state index contributed by atoms with van der Waals surface area (Å²) >= 11 is 0. The maximum Gasteiger partial charge on any atom is 0.418 e. The molecule has 0 atom stereocenters. The van der Waals surface area contributed by atoms with Crippen molar-refractivity contribution in [3.05, 3.63) is 35.2 Å². The summed E-state index contributed by atoms with van der Waals surface area (Å²) < 4.78 is 72.5. The summed E-state index contributed by atoms with van der Waals surface area (Å²) in [5.74, 6) is -0.994. The fourth-order valence-electron chi connectivity index (χ4n) is 3.72. The number of carbonyl (C=O) groups is 1. The van der Waals surface area contributed by atoms with Gasteiger partial charge in [0.1, 0.15) is 10.6 Å². The molecule has 0 spiro atoms. The SMILES string of the molecule is Cc1noc(C)c1S(=O)(=O)N1CCC(C(=O)Nc2ccc(N(C)C)cc2C(F)(F)F)CC1. The minimum atomic E-state index is -4.64. The lowest BCUT2D eigenvalue weighted by Gasteiger charge is -2.30. The third kappa shape index (κ3) is 4.75. The van der Waals surface area contributed by atoms with E-state index in [4.69, 9.17) is 4.52 Å². The van der Waals surface area contributed by atoms with Gasteiger partial charge in [0.25, 0.3) is 0 Å². The molecule has 1 saturated heterocycles. The first-order chi connectivity index (χ1) is 14.8. The van der Waals surface area contributed by atoms with E-state index in [1.807, 2.05) is 0 Å². The molecule has 0 radical (unpaired) electrons. The van der Waals surface area contributed by atoms with E-state index in [1.165, 1.54) is 35.2 Å². The quantitative estimate of drug-likeness (QED) is 0.714. The highest BCUT2D eigenvalue weighted by molar-refractivity contribution is 7.89. The highest BCUT2D eigenvalue weighted by Gasteiger charge is 2.37. The summed E-state index contributed by atoms with van der Waals surface area (Å²) in [6.07, 6.45) is -4.27. The number of hydrogen-bond acceptors (Lipinski definition) is 6. The minimum Gasteiger partial charge on any atom is -0.378 e. The van der Waals surface area contributed by atoms with E-state index in [2.05, 4.69) is 10.5 Å². The average molecular weight is 475 g/mol. The molecule has 0 saturated carbocycles. The van der Waals surface area contributed by atoms with Gasteiger partial charge in [-0.15, -0.1) is 0 Å². The molecule has 1 amide bonds. The van der Waals surface area contributed by atoms with Crippen molar-refractivity contribution in [1.82, 2.24) is 9.46 Å². The molecule has 0 unspecified atom stereocenters. The normalized spacial score (nSPS) is 16.2. The van der Waals surface area contributed by atoms with Crippen LogP contribution in [0.1, 0.15) is 29.9 Å². The summed E-state index contributed by atoms with van der Waals surface area (Å²) in [6, 6.07) is 3.70. The number of anilines is 2. The van der Waals surface area contributed by atoms with E-state index in [0.29, 0.717) is 5.69 Å². The molecule has 0 bridgehead atoms. The van der Waals surface area contributed by atoms with Crippen LogP contribution in [0.3, 0.4) is 0 Å². The fraction of sp³-hybridized carbons (Fsp3) is 0.500. The number of carbonyl (C=O) groups excluding carboxylic acids is 1. The number of halogens is 3. The van der Waals surface area contributed by atoms with Crippen LogP contribution >= 0.6 is 0 Å². The van der Waals surface area contributed by atoms with Gasteiger partial charge in [-0.2, -0.15) is 17.5 Å². The molecule has 3 rings (SSSR count). The standard InChI is InChI=1S/C20H25F3N4O4S/c1-12-18(13(2)31-25-12)32(29,30)27-9-7-14(8-10-27)19(28)24-17-6-5-15(26(3)4)11-16(17)20(21,22)23/h5-6,11,14H,7-10H2,1-4H3,(H,24,28). The number of amides is 1. The average Bonchev–Trinajstić information content (AvgIpc) is 3.06. The lowest BCUT2D eigenvalue weighted by atomic mass is 9.97. The molecule has 1 N–H and O–H groups in total. The van der Waals surface area contributed by atoms with Gasteiger partial charge in [0.2, 0.25) is 15.9 Å². The summed E-state index contributed by atoms with van der Waals surface area (Å²) in [6.45, 7) is 3.17. The third-order valence-electron chi connectivity index (χ3n) is 5.47. The number of alkyl halides is 3. The van der Waals surface area contributed by atoms with Crippen LogP contribution in [-0.2, 0) is 21.0 Å². The Morgan fingerprint density at radius 3 is 2.34 bits per heavy atom. The number of benzene rings is 1. The van der Waals surface area contributed by atoms with Crippen LogP contribution in [0.5, 0.6) is 0 Å². The molecule has 176 valence electrons. The van der Waals surface area contributed by atoms with Crippen LogP contribution in [0.2, 0.25) is 0 Å².